The maximum atomic E-state index is 12.8. The lowest BCUT2D eigenvalue weighted by Gasteiger charge is -2.13. The molecule has 0 radical (unpaired) electrons. The molecule has 0 saturated carbocycles. The molecule has 0 amide bonds. The highest BCUT2D eigenvalue weighted by atomic mass is 16.5. The van der Waals surface area contributed by atoms with Crippen molar-refractivity contribution < 1.29 is 14.3 Å². The number of fused-ring (bicyclic) bond motifs is 1. The van der Waals surface area contributed by atoms with Crippen LogP contribution in [0.5, 0.6) is 0 Å². The monoisotopic (exact) mass is 438 g/mol. The van der Waals surface area contributed by atoms with Gasteiger partial charge in [-0.1, -0.05) is 60.2 Å². The Morgan fingerprint density at radius 2 is 1.67 bits per heavy atom. The van der Waals surface area contributed by atoms with E-state index in [2.05, 4.69) is 4.98 Å². The van der Waals surface area contributed by atoms with Crippen molar-refractivity contribution >= 4 is 22.5 Å². The van der Waals surface area contributed by atoms with Crippen LogP contribution >= 0.6 is 0 Å². The summed E-state index contributed by atoms with van der Waals surface area (Å²) in [6.07, 6.45) is 3.79. The van der Waals surface area contributed by atoms with Crippen LogP contribution in [0, 0.1) is 13.8 Å². The number of aromatic nitrogens is 1. The Morgan fingerprint density at radius 1 is 0.909 bits per heavy atom. The van der Waals surface area contributed by atoms with Gasteiger partial charge in [-0.3, -0.25) is 9.78 Å². The number of aryl methyl sites for hydroxylation is 2. The number of benzene rings is 3. The van der Waals surface area contributed by atoms with Crippen LogP contribution in [0.15, 0.2) is 79.1 Å². The molecule has 0 bridgehead atoms. The molecule has 0 fully saturated rings. The molecular weight excluding hydrogens is 412 g/mol. The third-order valence-electron chi connectivity index (χ3n) is 5.74. The van der Waals surface area contributed by atoms with Crippen LogP contribution < -0.4 is 5.73 Å². The molecule has 5 heteroatoms. The van der Waals surface area contributed by atoms with E-state index in [9.17, 15) is 9.59 Å². The van der Waals surface area contributed by atoms with E-state index in [-0.39, 0.29) is 24.8 Å². The zero-order valence-electron chi connectivity index (χ0n) is 18.7. The molecule has 2 N–H and O–H groups in total. The minimum Gasteiger partial charge on any atom is -0.457 e. The summed E-state index contributed by atoms with van der Waals surface area (Å²) in [4.78, 5) is 29.2. The Morgan fingerprint density at radius 3 is 2.42 bits per heavy atom. The van der Waals surface area contributed by atoms with Gasteiger partial charge >= 0.3 is 5.97 Å². The molecular formula is C28H26N2O3. The Bertz CT molecular complexity index is 1310. The number of ether oxygens (including phenoxy) is 1. The van der Waals surface area contributed by atoms with E-state index in [0.29, 0.717) is 5.56 Å². The molecule has 3 aromatic carbocycles. The molecule has 0 spiro atoms. The number of nitrogens with zero attached hydrogens (tertiary/aromatic N) is 1. The average molecular weight is 439 g/mol. The van der Waals surface area contributed by atoms with E-state index >= 15 is 0 Å². The van der Waals surface area contributed by atoms with Crippen molar-refractivity contribution in [1.82, 2.24) is 4.98 Å². The number of carbonyl (C=O) groups is 2. The summed E-state index contributed by atoms with van der Waals surface area (Å²) < 4.78 is 5.46. The van der Waals surface area contributed by atoms with Crippen molar-refractivity contribution in [3.05, 3.63) is 113 Å². The molecule has 5 nitrogen and oxygen atoms in total. The molecule has 1 aromatic heterocycles. The van der Waals surface area contributed by atoms with Gasteiger partial charge in [-0.15, -0.1) is 0 Å². The summed E-state index contributed by atoms with van der Waals surface area (Å²) in [5, 5.41) is 2.08. The predicted molar refractivity (Wildman–Crippen MR) is 129 cm³/mol. The van der Waals surface area contributed by atoms with Crippen LogP contribution in [0.1, 0.15) is 44.2 Å². The second kappa shape index (κ2) is 9.76. The van der Waals surface area contributed by atoms with E-state index in [1.807, 2.05) is 74.5 Å². The first-order valence-corrected chi connectivity index (χ1v) is 10.8. The Balaban J connectivity index is 1.36. The van der Waals surface area contributed by atoms with Crippen LogP contribution in [0.2, 0.25) is 0 Å². The summed E-state index contributed by atoms with van der Waals surface area (Å²) >= 11 is 0. The summed E-state index contributed by atoms with van der Waals surface area (Å²) in [6.45, 7) is 4.03. The first-order chi connectivity index (χ1) is 15.9. The highest BCUT2D eigenvalue weighted by Crippen LogP contribution is 2.19. The van der Waals surface area contributed by atoms with E-state index in [1.54, 1.807) is 18.5 Å². The summed E-state index contributed by atoms with van der Waals surface area (Å²) in [5.41, 5.74) is 11.3. The van der Waals surface area contributed by atoms with Gasteiger partial charge in [0.25, 0.3) is 0 Å². The highest BCUT2D eigenvalue weighted by Gasteiger charge is 2.17. The lowest BCUT2D eigenvalue weighted by atomic mass is 9.96. The SMILES string of the molecule is Cc1ccc(C(=O)OCc2ccc([C@@H](N)C(=O)Cc3ccc4cnccc4c3)cc2)c(C)c1. The third-order valence-corrected chi connectivity index (χ3v) is 5.74. The van der Waals surface area contributed by atoms with Crippen molar-refractivity contribution in [2.75, 3.05) is 0 Å². The molecule has 1 atom stereocenters. The molecule has 4 rings (SSSR count). The average Bonchev–Trinajstić information content (AvgIpc) is 2.82. The molecule has 0 saturated heterocycles. The molecule has 166 valence electrons. The molecule has 0 aliphatic heterocycles. The fraction of sp³-hybridized carbons (Fsp3) is 0.179. The summed E-state index contributed by atoms with van der Waals surface area (Å²) in [7, 11) is 0. The Labute approximate surface area is 193 Å². The van der Waals surface area contributed by atoms with Crippen molar-refractivity contribution in [3.8, 4) is 0 Å². The quantitative estimate of drug-likeness (QED) is 0.410. The zero-order valence-corrected chi connectivity index (χ0v) is 18.7. The molecule has 0 aliphatic rings. The van der Waals surface area contributed by atoms with Gasteiger partial charge in [0.05, 0.1) is 11.6 Å². The lowest BCUT2D eigenvalue weighted by Crippen LogP contribution is -2.23. The van der Waals surface area contributed by atoms with Gasteiger partial charge in [-0.2, -0.15) is 0 Å². The molecule has 0 aliphatic carbocycles. The van der Waals surface area contributed by atoms with Gasteiger partial charge in [-0.05, 0) is 53.6 Å². The summed E-state index contributed by atoms with van der Waals surface area (Å²) in [6, 6.07) is 20.0. The van der Waals surface area contributed by atoms with Crippen LogP contribution in [0.4, 0.5) is 0 Å². The number of ketones is 1. The number of hydrogen-bond donors (Lipinski definition) is 1. The molecule has 1 heterocycles. The van der Waals surface area contributed by atoms with Gasteiger partial charge in [-0.25, -0.2) is 4.79 Å². The number of esters is 1. The maximum Gasteiger partial charge on any atom is 0.338 e. The first-order valence-electron chi connectivity index (χ1n) is 10.8. The van der Waals surface area contributed by atoms with Gasteiger partial charge < -0.3 is 10.5 Å². The van der Waals surface area contributed by atoms with Crippen LogP contribution in [0.25, 0.3) is 10.8 Å². The Kier molecular flexibility index (Phi) is 6.61. The molecule has 4 aromatic rings. The normalized spacial score (nSPS) is 11.8. The predicted octanol–water partition coefficient (Wildman–Crippen LogP) is 5.02. The van der Waals surface area contributed by atoms with Gasteiger partial charge in [0.15, 0.2) is 5.78 Å². The lowest BCUT2D eigenvalue weighted by molar-refractivity contribution is -0.119. The number of carbonyl (C=O) groups excluding carboxylic acids is 2. The maximum absolute atomic E-state index is 12.8. The van der Waals surface area contributed by atoms with E-state index in [0.717, 1.165) is 38.6 Å². The molecule has 0 unspecified atom stereocenters. The van der Waals surface area contributed by atoms with E-state index in [4.69, 9.17) is 10.5 Å². The van der Waals surface area contributed by atoms with Crippen molar-refractivity contribution in [2.45, 2.75) is 32.9 Å². The minimum atomic E-state index is -0.718. The van der Waals surface area contributed by atoms with Crippen molar-refractivity contribution in [3.63, 3.8) is 0 Å². The molecule has 33 heavy (non-hydrogen) atoms. The minimum absolute atomic E-state index is 0.0579. The smallest absolute Gasteiger partial charge is 0.338 e. The second-order valence-electron chi connectivity index (χ2n) is 8.31. The Hall–Kier alpha value is -3.83. The van der Waals surface area contributed by atoms with Crippen LogP contribution in [-0.4, -0.2) is 16.7 Å². The zero-order chi connectivity index (χ0) is 23.4. The van der Waals surface area contributed by atoms with Crippen molar-refractivity contribution in [2.24, 2.45) is 5.73 Å². The topological polar surface area (TPSA) is 82.3 Å². The highest BCUT2D eigenvalue weighted by molar-refractivity contribution is 5.91. The number of Topliss-reactive ketones (excluding diaryl/α,β-unsaturated/α-hetero) is 1. The number of hydrogen-bond acceptors (Lipinski definition) is 5. The number of pyridine rings is 1. The standard InChI is InChI=1S/C28H26N2O3/c1-18-3-10-25(19(2)13-18)28(32)33-17-20-4-7-22(8-5-20)27(29)26(31)15-21-6-9-24-16-30-12-11-23(24)14-21/h3-14,16,27H,15,17,29H2,1-2H3/t27-/m1/s1. The van der Waals surface area contributed by atoms with E-state index in [1.165, 1.54) is 0 Å². The van der Waals surface area contributed by atoms with E-state index < -0.39 is 6.04 Å². The van der Waals surface area contributed by atoms with Crippen LogP contribution in [-0.2, 0) is 22.6 Å². The largest absolute Gasteiger partial charge is 0.457 e. The van der Waals surface area contributed by atoms with Gasteiger partial charge in [0, 0.05) is 24.2 Å². The summed E-state index contributed by atoms with van der Waals surface area (Å²) in [5.74, 6) is -0.410. The number of rotatable bonds is 7. The fourth-order valence-electron chi connectivity index (χ4n) is 3.83. The number of nitrogens with two attached hydrogens (primary N) is 1. The van der Waals surface area contributed by atoms with Gasteiger partial charge in [0.1, 0.15) is 6.61 Å². The fourth-order valence-corrected chi connectivity index (χ4v) is 3.83. The second-order valence-corrected chi connectivity index (χ2v) is 8.31. The van der Waals surface area contributed by atoms with Crippen molar-refractivity contribution in [1.29, 1.82) is 0 Å². The van der Waals surface area contributed by atoms with Crippen LogP contribution in [0.3, 0.4) is 0 Å². The first kappa shape index (κ1) is 22.4. The van der Waals surface area contributed by atoms with Gasteiger partial charge in [0.2, 0.25) is 0 Å². The third kappa shape index (κ3) is 5.33.